The molecule has 33 heavy (non-hydrogen) atoms. The maximum atomic E-state index is 13.3. The van der Waals surface area contributed by atoms with E-state index in [-0.39, 0.29) is 23.3 Å². The number of sulfonamides is 1. The number of carbonyl (C=O) groups is 2. The van der Waals surface area contributed by atoms with Crippen LogP contribution in [-0.4, -0.2) is 44.7 Å². The van der Waals surface area contributed by atoms with Gasteiger partial charge in [-0.05, 0) is 67.1 Å². The number of piperidine rings is 1. The summed E-state index contributed by atoms with van der Waals surface area (Å²) in [4.78, 5) is 24.8. The number of hydrogen-bond acceptors (Lipinski definition) is 5. The molecule has 0 radical (unpaired) electrons. The maximum absolute atomic E-state index is 13.3. The molecule has 2 aliphatic rings. The standard InChI is InChI=1S/C24H29N3O5S/c1-32-20-8-2-5-17(13-20)15-25-24(29)19-7-4-12-27(16-19)33(30,31)21-10-11-22-18(14-21)6-3-9-23(28)26-22/h2,5,8,10-11,13-14,19H,3-4,6-7,9,12,15-16H2,1H3,(H,25,29)(H,26,28). The Morgan fingerprint density at radius 3 is 2.85 bits per heavy atom. The molecule has 2 aliphatic heterocycles. The second-order valence-corrected chi connectivity index (χ2v) is 10.4. The molecule has 1 unspecified atom stereocenters. The number of aryl methyl sites for hydroxylation is 1. The van der Waals surface area contributed by atoms with E-state index >= 15 is 0 Å². The summed E-state index contributed by atoms with van der Waals surface area (Å²) in [6.07, 6.45) is 3.02. The summed E-state index contributed by atoms with van der Waals surface area (Å²) in [5.41, 5.74) is 2.41. The highest BCUT2D eigenvalue weighted by molar-refractivity contribution is 7.89. The third kappa shape index (κ3) is 5.36. The summed E-state index contributed by atoms with van der Waals surface area (Å²) in [6.45, 7) is 0.895. The Bertz CT molecular complexity index is 1150. The zero-order chi connectivity index (χ0) is 23.4. The van der Waals surface area contributed by atoms with Crippen LogP contribution in [0.15, 0.2) is 47.4 Å². The van der Waals surface area contributed by atoms with Gasteiger partial charge in [0.15, 0.2) is 0 Å². The smallest absolute Gasteiger partial charge is 0.243 e. The molecule has 2 amide bonds. The van der Waals surface area contributed by atoms with Crippen LogP contribution in [0, 0.1) is 5.92 Å². The molecule has 176 valence electrons. The first-order valence-corrected chi connectivity index (χ1v) is 12.6. The number of nitrogens with zero attached hydrogens (tertiary/aromatic N) is 1. The van der Waals surface area contributed by atoms with Gasteiger partial charge in [0, 0.05) is 31.7 Å². The monoisotopic (exact) mass is 471 g/mol. The van der Waals surface area contributed by atoms with E-state index in [4.69, 9.17) is 4.74 Å². The topological polar surface area (TPSA) is 105 Å². The minimum absolute atomic E-state index is 0.0526. The van der Waals surface area contributed by atoms with E-state index in [1.807, 2.05) is 24.3 Å². The van der Waals surface area contributed by atoms with E-state index in [9.17, 15) is 18.0 Å². The van der Waals surface area contributed by atoms with Gasteiger partial charge >= 0.3 is 0 Å². The molecule has 1 fully saturated rings. The number of anilines is 1. The Balaban J connectivity index is 1.43. The molecule has 8 nitrogen and oxygen atoms in total. The second-order valence-electron chi connectivity index (χ2n) is 8.49. The predicted octanol–water partition coefficient (Wildman–Crippen LogP) is 2.69. The summed E-state index contributed by atoms with van der Waals surface area (Å²) < 4.78 is 33.3. The van der Waals surface area contributed by atoms with Crippen LogP contribution in [0.3, 0.4) is 0 Å². The minimum Gasteiger partial charge on any atom is -0.497 e. The van der Waals surface area contributed by atoms with E-state index in [2.05, 4.69) is 10.6 Å². The lowest BCUT2D eigenvalue weighted by atomic mass is 9.99. The Morgan fingerprint density at radius 2 is 2.03 bits per heavy atom. The van der Waals surface area contributed by atoms with Gasteiger partial charge in [-0.25, -0.2) is 8.42 Å². The molecule has 2 heterocycles. The van der Waals surface area contributed by atoms with Crippen LogP contribution < -0.4 is 15.4 Å². The molecule has 0 saturated carbocycles. The molecular formula is C24H29N3O5S. The van der Waals surface area contributed by atoms with E-state index in [0.29, 0.717) is 50.9 Å². The number of nitrogens with one attached hydrogen (secondary N) is 2. The number of carbonyl (C=O) groups excluding carboxylic acids is 2. The van der Waals surface area contributed by atoms with Crippen molar-refractivity contribution in [2.24, 2.45) is 5.92 Å². The fraction of sp³-hybridized carbons (Fsp3) is 0.417. The van der Waals surface area contributed by atoms with Gasteiger partial charge < -0.3 is 15.4 Å². The predicted molar refractivity (Wildman–Crippen MR) is 124 cm³/mol. The number of benzene rings is 2. The van der Waals surface area contributed by atoms with Crippen LogP contribution in [0.4, 0.5) is 5.69 Å². The highest BCUT2D eigenvalue weighted by Crippen LogP contribution is 2.29. The Morgan fingerprint density at radius 1 is 1.18 bits per heavy atom. The molecule has 9 heteroatoms. The Labute approximate surface area is 194 Å². The summed E-state index contributed by atoms with van der Waals surface area (Å²) >= 11 is 0. The van der Waals surface area contributed by atoms with Crippen molar-refractivity contribution in [1.82, 2.24) is 9.62 Å². The minimum atomic E-state index is -3.74. The molecule has 2 N–H and O–H groups in total. The third-order valence-electron chi connectivity index (χ3n) is 6.19. The zero-order valence-corrected chi connectivity index (χ0v) is 19.5. The van der Waals surface area contributed by atoms with Crippen LogP contribution >= 0.6 is 0 Å². The Kier molecular flexibility index (Phi) is 6.99. The van der Waals surface area contributed by atoms with Crippen molar-refractivity contribution in [2.75, 3.05) is 25.5 Å². The quantitative estimate of drug-likeness (QED) is 0.674. The van der Waals surface area contributed by atoms with E-state index in [1.54, 1.807) is 19.2 Å². The highest BCUT2D eigenvalue weighted by atomic mass is 32.2. The normalized spacial score (nSPS) is 19.2. The first-order valence-electron chi connectivity index (χ1n) is 11.2. The lowest BCUT2D eigenvalue weighted by molar-refractivity contribution is -0.126. The van der Waals surface area contributed by atoms with Crippen molar-refractivity contribution in [3.05, 3.63) is 53.6 Å². The van der Waals surface area contributed by atoms with Crippen molar-refractivity contribution in [2.45, 2.75) is 43.5 Å². The van der Waals surface area contributed by atoms with Crippen LogP contribution in [0.25, 0.3) is 0 Å². The summed E-state index contributed by atoms with van der Waals surface area (Å²) in [5.74, 6) is 0.113. The van der Waals surface area contributed by atoms with Gasteiger partial charge in [-0.15, -0.1) is 0 Å². The summed E-state index contributed by atoms with van der Waals surface area (Å²) in [7, 11) is -2.15. The lowest BCUT2D eigenvalue weighted by Gasteiger charge is -2.31. The van der Waals surface area contributed by atoms with Gasteiger partial charge in [0.2, 0.25) is 21.8 Å². The fourth-order valence-corrected chi connectivity index (χ4v) is 5.93. The Hall–Kier alpha value is -2.91. The van der Waals surface area contributed by atoms with Crippen molar-refractivity contribution in [1.29, 1.82) is 0 Å². The van der Waals surface area contributed by atoms with Crippen LogP contribution in [-0.2, 0) is 32.6 Å². The van der Waals surface area contributed by atoms with E-state index in [1.165, 1.54) is 10.4 Å². The summed E-state index contributed by atoms with van der Waals surface area (Å²) in [6, 6.07) is 12.3. The van der Waals surface area contributed by atoms with Crippen molar-refractivity contribution < 1.29 is 22.7 Å². The van der Waals surface area contributed by atoms with E-state index in [0.717, 1.165) is 16.9 Å². The summed E-state index contributed by atoms with van der Waals surface area (Å²) in [5, 5.41) is 5.76. The van der Waals surface area contributed by atoms with Gasteiger partial charge in [0.25, 0.3) is 0 Å². The second kappa shape index (κ2) is 9.93. The van der Waals surface area contributed by atoms with Crippen LogP contribution in [0.2, 0.25) is 0 Å². The molecule has 2 aromatic rings. The largest absolute Gasteiger partial charge is 0.497 e. The lowest BCUT2D eigenvalue weighted by Crippen LogP contribution is -2.45. The molecule has 1 atom stereocenters. The average Bonchev–Trinajstić information content (AvgIpc) is 3.02. The molecule has 0 aliphatic carbocycles. The number of rotatable bonds is 6. The SMILES string of the molecule is COc1cccc(CNC(=O)C2CCCN(S(=O)(=O)c3ccc4c(c3)CCCC(=O)N4)C2)c1. The van der Waals surface area contributed by atoms with Gasteiger partial charge in [-0.1, -0.05) is 12.1 Å². The van der Waals surface area contributed by atoms with Crippen molar-refractivity contribution in [3.63, 3.8) is 0 Å². The average molecular weight is 472 g/mol. The van der Waals surface area contributed by atoms with Gasteiger partial charge in [0.1, 0.15) is 5.75 Å². The first kappa shape index (κ1) is 23.3. The van der Waals surface area contributed by atoms with Crippen LogP contribution in [0.1, 0.15) is 36.8 Å². The van der Waals surface area contributed by atoms with Crippen molar-refractivity contribution in [3.8, 4) is 5.75 Å². The molecule has 0 aromatic heterocycles. The van der Waals surface area contributed by atoms with E-state index < -0.39 is 15.9 Å². The number of fused-ring (bicyclic) bond motifs is 1. The van der Waals surface area contributed by atoms with Gasteiger partial charge in [-0.3, -0.25) is 9.59 Å². The van der Waals surface area contributed by atoms with Gasteiger partial charge in [-0.2, -0.15) is 4.31 Å². The van der Waals surface area contributed by atoms with Crippen LogP contribution in [0.5, 0.6) is 5.75 Å². The molecule has 4 rings (SSSR count). The fourth-order valence-electron chi connectivity index (χ4n) is 4.35. The van der Waals surface area contributed by atoms with Gasteiger partial charge in [0.05, 0.1) is 17.9 Å². The molecule has 1 saturated heterocycles. The van der Waals surface area contributed by atoms with Crippen molar-refractivity contribution >= 4 is 27.5 Å². The number of hydrogen-bond donors (Lipinski definition) is 2. The number of amides is 2. The molecular weight excluding hydrogens is 442 g/mol. The highest BCUT2D eigenvalue weighted by Gasteiger charge is 2.33. The molecule has 0 bridgehead atoms. The number of methoxy groups -OCH3 is 1. The number of ether oxygens (including phenoxy) is 1. The maximum Gasteiger partial charge on any atom is 0.243 e. The third-order valence-corrected chi connectivity index (χ3v) is 8.06. The molecule has 0 spiro atoms. The zero-order valence-electron chi connectivity index (χ0n) is 18.7. The molecule has 2 aromatic carbocycles. The first-order chi connectivity index (χ1) is 15.9.